The van der Waals surface area contributed by atoms with E-state index in [9.17, 15) is 14.5 Å². The van der Waals surface area contributed by atoms with E-state index < -0.39 is 10.7 Å². The van der Waals surface area contributed by atoms with Crippen molar-refractivity contribution in [3.05, 3.63) is 39.2 Å². The number of aromatic nitrogens is 2. The molecule has 0 fully saturated rings. The van der Waals surface area contributed by atoms with E-state index >= 15 is 0 Å². The van der Waals surface area contributed by atoms with Gasteiger partial charge in [0.15, 0.2) is 0 Å². The maximum absolute atomic E-state index is 14.1. The minimum Gasteiger partial charge on any atom is -0.382 e. The average molecular weight is 288 g/mol. The van der Waals surface area contributed by atoms with Gasteiger partial charge < -0.3 is 11.5 Å². The van der Waals surface area contributed by atoms with Crippen molar-refractivity contribution in [3.63, 3.8) is 0 Å². The second-order valence-electron chi connectivity index (χ2n) is 4.13. The molecule has 1 heterocycles. The number of hydrogen-bond acceptors (Lipinski definition) is 7. The highest BCUT2D eigenvalue weighted by Gasteiger charge is 2.23. The number of benzene rings is 1. The number of rotatable bonds is 2. The van der Waals surface area contributed by atoms with Gasteiger partial charge in [-0.25, -0.2) is 9.37 Å². The summed E-state index contributed by atoms with van der Waals surface area (Å²) in [6.07, 6.45) is 0. The van der Waals surface area contributed by atoms with Crippen LogP contribution in [0.1, 0.15) is 11.1 Å². The van der Waals surface area contributed by atoms with E-state index in [1.54, 1.807) is 6.07 Å². The number of nitro groups is 1. The van der Waals surface area contributed by atoms with Gasteiger partial charge in [0.05, 0.1) is 10.6 Å². The third-order valence-electron chi connectivity index (χ3n) is 2.89. The van der Waals surface area contributed by atoms with Gasteiger partial charge in [-0.05, 0) is 13.0 Å². The van der Waals surface area contributed by atoms with E-state index in [0.717, 1.165) is 12.1 Å². The lowest BCUT2D eigenvalue weighted by atomic mass is 9.99. The lowest BCUT2D eigenvalue weighted by Gasteiger charge is -2.10. The fraction of sp³-hybridized carbons (Fsp3) is 0.0833. The molecule has 0 saturated heterocycles. The molecule has 0 aliphatic heterocycles. The van der Waals surface area contributed by atoms with Gasteiger partial charge in [0.25, 0.3) is 5.69 Å². The first-order chi connectivity index (χ1) is 9.86. The van der Waals surface area contributed by atoms with Crippen LogP contribution in [0.2, 0.25) is 0 Å². The molecule has 0 aliphatic carbocycles. The van der Waals surface area contributed by atoms with Gasteiger partial charge in [-0.1, -0.05) is 0 Å². The van der Waals surface area contributed by atoms with E-state index in [0.29, 0.717) is 0 Å². The molecule has 0 unspecified atom stereocenters. The topological polar surface area (TPSA) is 145 Å². The van der Waals surface area contributed by atoms with Crippen LogP contribution in [-0.4, -0.2) is 14.9 Å². The number of nitrogens with zero attached hydrogens (tertiary/aromatic N) is 4. The van der Waals surface area contributed by atoms with Gasteiger partial charge in [-0.2, -0.15) is 10.2 Å². The van der Waals surface area contributed by atoms with E-state index in [4.69, 9.17) is 16.7 Å². The molecule has 0 spiro atoms. The first-order valence-corrected chi connectivity index (χ1v) is 5.63. The predicted octanol–water partition coefficient (Wildman–Crippen LogP) is 1.54. The molecule has 21 heavy (non-hydrogen) atoms. The number of nitro benzene ring substituents is 1. The molecule has 1 aromatic heterocycles. The summed E-state index contributed by atoms with van der Waals surface area (Å²) in [7, 11) is 0. The highest BCUT2D eigenvalue weighted by atomic mass is 19.1. The third kappa shape index (κ3) is 2.30. The lowest BCUT2D eigenvalue weighted by Crippen LogP contribution is -2.07. The summed E-state index contributed by atoms with van der Waals surface area (Å²) in [4.78, 5) is 17.7. The van der Waals surface area contributed by atoms with Crippen LogP contribution in [0.3, 0.4) is 0 Å². The Morgan fingerprint density at radius 3 is 2.62 bits per heavy atom. The van der Waals surface area contributed by atoms with Crippen LogP contribution in [0, 0.1) is 34.2 Å². The summed E-state index contributed by atoms with van der Waals surface area (Å²) in [6, 6.07) is 3.71. The van der Waals surface area contributed by atoms with Crippen molar-refractivity contribution >= 4 is 17.5 Å². The molecule has 0 bridgehead atoms. The number of nitrogen functional groups attached to an aromatic ring is 2. The maximum atomic E-state index is 14.1. The molecule has 106 valence electrons. The van der Waals surface area contributed by atoms with Crippen molar-refractivity contribution in [1.82, 2.24) is 9.97 Å². The molecular weight excluding hydrogens is 279 g/mol. The van der Waals surface area contributed by atoms with Crippen LogP contribution in [0.15, 0.2) is 12.1 Å². The molecule has 0 amide bonds. The average Bonchev–Trinajstić information content (AvgIpc) is 2.37. The Morgan fingerprint density at radius 2 is 2.05 bits per heavy atom. The zero-order chi connectivity index (χ0) is 15.7. The van der Waals surface area contributed by atoms with Crippen molar-refractivity contribution in [2.75, 3.05) is 11.5 Å². The van der Waals surface area contributed by atoms with E-state index in [2.05, 4.69) is 9.97 Å². The Morgan fingerprint density at radius 1 is 1.38 bits per heavy atom. The van der Waals surface area contributed by atoms with E-state index in [-0.39, 0.29) is 39.8 Å². The Hall–Kier alpha value is -3.28. The molecule has 8 nitrogen and oxygen atoms in total. The summed E-state index contributed by atoms with van der Waals surface area (Å²) in [5, 5.41) is 20.0. The first kappa shape index (κ1) is 14.1. The fourth-order valence-corrected chi connectivity index (χ4v) is 1.94. The van der Waals surface area contributed by atoms with Crippen LogP contribution < -0.4 is 11.5 Å². The quantitative estimate of drug-likeness (QED) is 0.629. The van der Waals surface area contributed by atoms with Crippen LogP contribution in [0.25, 0.3) is 11.3 Å². The normalized spacial score (nSPS) is 10.1. The first-order valence-electron chi connectivity index (χ1n) is 5.63. The molecule has 2 rings (SSSR count). The monoisotopic (exact) mass is 288 g/mol. The van der Waals surface area contributed by atoms with E-state index in [1.807, 2.05) is 0 Å². The van der Waals surface area contributed by atoms with Crippen molar-refractivity contribution in [2.24, 2.45) is 0 Å². The molecule has 4 N–H and O–H groups in total. The summed E-state index contributed by atoms with van der Waals surface area (Å²) >= 11 is 0. The molecule has 0 saturated carbocycles. The third-order valence-corrected chi connectivity index (χ3v) is 2.89. The Labute approximate surface area is 118 Å². The molecule has 9 heteroatoms. The Kier molecular flexibility index (Phi) is 3.37. The van der Waals surface area contributed by atoms with Crippen LogP contribution in [0.5, 0.6) is 0 Å². The van der Waals surface area contributed by atoms with Gasteiger partial charge in [-0.15, -0.1) is 0 Å². The zero-order valence-electron chi connectivity index (χ0n) is 10.8. The number of nitriles is 1. The highest BCUT2D eigenvalue weighted by molar-refractivity contribution is 5.77. The number of hydrogen-bond donors (Lipinski definition) is 2. The Balaban J connectivity index is 2.89. The number of anilines is 2. The summed E-state index contributed by atoms with van der Waals surface area (Å²) < 4.78 is 14.1. The molecule has 0 aliphatic rings. The molecule has 1 aromatic carbocycles. The smallest absolute Gasteiger partial charge is 0.273 e. The molecule has 0 radical (unpaired) electrons. The Bertz CT molecular complexity index is 799. The van der Waals surface area contributed by atoms with Gasteiger partial charge in [0.2, 0.25) is 5.95 Å². The zero-order valence-corrected chi connectivity index (χ0v) is 10.8. The van der Waals surface area contributed by atoms with Gasteiger partial charge in [-0.3, -0.25) is 10.1 Å². The highest BCUT2D eigenvalue weighted by Crippen LogP contribution is 2.34. The van der Waals surface area contributed by atoms with Crippen molar-refractivity contribution in [1.29, 1.82) is 5.26 Å². The lowest BCUT2D eigenvalue weighted by molar-refractivity contribution is -0.385. The standard InChI is InChI=1S/C12H9FN6O2/c1-5-8(19(20)21)3-2-7(13)9(5)10-6(4-14)11(15)18-12(16)17-10/h2-3H,1H3,(H4,15,16,17,18). The second-order valence-corrected chi connectivity index (χ2v) is 4.13. The molecule has 0 atom stereocenters. The van der Waals surface area contributed by atoms with Crippen LogP contribution in [0.4, 0.5) is 21.8 Å². The maximum Gasteiger partial charge on any atom is 0.273 e. The summed E-state index contributed by atoms with van der Waals surface area (Å²) in [5.41, 5.74) is 10.2. The number of halogens is 1. The minimum absolute atomic E-state index is 0.0222. The van der Waals surface area contributed by atoms with Gasteiger partial charge in [0, 0.05) is 17.2 Å². The van der Waals surface area contributed by atoms with Crippen LogP contribution in [-0.2, 0) is 0 Å². The largest absolute Gasteiger partial charge is 0.382 e. The van der Waals surface area contributed by atoms with Gasteiger partial charge >= 0.3 is 0 Å². The van der Waals surface area contributed by atoms with Crippen molar-refractivity contribution < 1.29 is 9.31 Å². The van der Waals surface area contributed by atoms with Gasteiger partial charge in [0.1, 0.15) is 23.3 Å². The molecule has 2 aromatic rings. The second kappa shape index (κ2) is 5.01. The predicted molar refractivity (Wildman–Crippen MR) is 72.4 cm³/mol. The minimum atomic E-state index is -0.771. The van der Waals surface area contributed by atoms with Crippen molar-refractivity contribution in [3.8, 4) is 17.3 Å². The molecular formula is C12H9FN6O2. The van der Waals surface area contributed by atoms with Crippen molar-refractivity contribution in [2.45, 2.75) is 6.92 Å². The SMILES string of the molecule is Cc1c([N+](=O)[O-])ccc(F)c1-c1nc(N)nc(N)c1C#N. The van der Waals surface area contributed by atoms with E-state index in [1.165, 1.54) is 6.92 Å². The number of nitrogens with two attached hydrogens (primary N) is 2. The van der Waals surface area contributed by atoms with Crippen LogP contribution >= 0.6 is 0 Å². The summed E-state index contributed by atoms with van der Waals surface area (Å²) in [6.45, 7) is 1.35. The fourth-order valence-electron chi connectivity index (χ4n) is 1.94. The summed E-state index contributed by atoms with van der Waals surface area (Å²) in [5.74, 6) is -1.25.